The van der Waals surface area contributed by atoms with Gasteiger partial charge in [-0.25, -0.2) is 8.42 Å². The minimum absolute atomic E-state index is 0.0189. The number of amides is 1. The number of rotatable bonds is 9. The first-order valence-electron chi connectivity index (χ1n) is 9.94. The molecule has 0 aromatic heterocycles. The number of nitrogens with zero attached hydrogens (tertiary/aromatic N) is 1. The molecule has 6 nitrogen and oxygen atoms in total. The fourth-order valence-electron chi connectivity index (χ4n) is 3.29. The molecule has 1 aliphatic heterocycles. The summed E-state index contributed by atoms with van der Waals surface area (Å²) >= 11 is 0. The Labute approximate surface area is 172 Å². The Morgan fingerprint density at radius 3 is 2.52 bits per heavy atom. The molecule has 1 amide bonds. The minimum atomic E-state index is -3.78. The number of hydrogen-bond acceptors (Lipinski definition) is 4. The third-order valence-corrected chi connectivity index (χ3v) is 6.88. The van der Waals surface area contributed by atoms with Crippen LogP contribution in [0.1, 0.15) is 24.0 Å². The Hall–Kier alpha value is -2.22. The molecule has 0 aliphatic carbocycles. The lowest BCUT2D eigenvalue weighted by atomic mass is 10.1. The Bertz CT molecular complexity index is 892. The summed E-state index contributed by atoms with van der Waals surface area (Å²) in [5.41, 5.74) is 2.01. The van der Waals surface area contributed by atoms with Crippen LogP contribution in [0.2, 0.25) is 0 Å². The van der Waals surface area contributed by atoms with Crippen molar-refractivity contribution in [2.45, 2.75) is 37.2 Å². The normalized spacial score (nSPS) is 16.8. The molecule has 1 aliphatic rings. The molecule has 1 saturated heterocycles. The summed E-state index contributed by atoms with van der Waals surface area (Å²) in [5, 5.41) is 2.82. The van der Waals surface area contributed by atoms with E-state index in [-0.39, 0.29) is 30.0 Å². The lowest BCUT2D eigenvalue weighted by molar-refractivity contribution is -0.121. The lowest BCUT2D eigenvalue weighted by Gasteiger charge is -2.22. The SMILES string of the molecule is Cc1ccc(S(=O)(=O)N(CCc2ccccc2)CC(=O)NCC2CCCO2)cc1. The first-order chi connectivity index (χ1) is 13.9. The highest BCUT2D eigenvalue weighted by Gasteiger charge is 2.27. The molecule has 0 spiro atoms. The summed E-state index contributed by atoms with van der Waals surface area (Å²) in [7, 11) is -3.78. The third kappa shape index (κ3) is 6.13. The molecule has 1 N–H and O–H groups in total. The Kier molecular flexibility index (Phi) is 7.41. The van der Waals surface area contributed by atoms with Crippen LogP contribution in [0.5, 0.6) is 0 Å². The van der Waals surface area contributed by atoms with E-state index in [2.05, 4.69) is 5.32 Å². The second-order valence-electron chi connectivity index (χ2n) is 7.33. The van der Waals surface area contributed by atoms with Gasteiger partial charge in [-0.1, -0.05) is 48.0 Å². The van der Waals surface area contributed by atoms with E-state index < -0.39 is 10.0 Å². The highest BCUT2D eigenvalue weighted by Crippen LogP contribution is 2.17. The first-order valence-corrected chi connectivity index (χ1v) is 11.4. The maximum atomic E-state index is 13.2. The summed E-state index contributed by atoms with van der Waals surface area (Å²) in [6.45, 7) is 3.05. The average Bonchev–Trinajstić information content (AvgIpc) is 3.24. The fourth-order valence-corrected chi connectivity index (χ4v) is 4.69. The summed E-state index contributed by atoms with van der Waals surface area (Å²) in [5.74, 6) is -0.316. The Balaban J connectivity index is 1.71. The van der Waals surface area contributed by atoms with Crippen molar-refractivity contribution in [3.05, 3.63) is 65.7 Å². The second kappa shape index (κ2) is 10.0. The topological polar surface area (TPSA) is 75.7 Å². The van der Waals surface area contributed by atoms with Crippen LogP contribution in [0.3, 0.4) is 0 Å². The molecule has 0 bridgehead atoms. The van der Waals surface area contributed by atoms with Gasteiger partial charge in [0.2, 0.25) is 15.9 Å². The molecule has 29 heavy (non-hydrogen) atoms. The van der Waals surface area contributed by atoms with Crippen LogP contribution in [0.15, 0.2) is 59.5 Å². The van der Waals surface area contributed by atoms with Crippen molar-refractivity contribution < 1.29 is 17.9 Å². The average molecular weight is 417 g/mol. The van der Waals surface area contributed by atoms with Crippen molar-refractivity contribution in [3.8, 4) is 0 Å². The predicted molar refractivity (Wildman–Crippen MR) is 112 cm³/mol. The van der Waals surface area contributed by atoms with Crippen LogP contribution >= 0.6 is 0 Å². The number of carbonyl (C=O) groups excluding carboxylic acids is 1. The second-order valence-corrected chi connectivity index (χ2v) is 9.26. The van der Waals surface area contributed by atoms with Gasteiger partial charge in [0, 0.05) is 19.7 Å². The number of carbonyl (C=O) groups is 1. The monoisotopic (exact) mass is 416 g/mol. The van der Waals surface area contributed by atoms with Gasteiger partial charge < -0.3 is 10.1 Å². The van der Waals surface area contributed by atoms with Crippen LogP contribution in [-0.2, 0) is 26.0 Å². The van der Waals surface area contributed by atoms with E-state index in [1.165, 1.54) is 4.31 Å². The summed E-state index contributed by atoms with van der Waals surface area (Å²) < 4.78 is 33.1. The van der Waals surface area contributed by atoms with Gasteiger partial charge in [0.25, 0.3) is 0 Å². The zero-order valence-electron chi connectivity index (χ0n) is 16.7. The van der Waals surface area contributed by atoms with E-state index in [9.17, 15) is 13.2 Å². The van der Waals surface area contributed by atoms with E-state index in [0.29, 0.717) is 19.6 Å². The van der Waals surface area contributed by atoms with E-state index in [1.54, 1.807) is 24.3 Å². The van der Waals surface area contributed by atoms with Gasteiger partial charge in [-0.15, -0.1) is 0 Å². The molecular weight excluding hydrogens is 388 g/mol. The van der Waals surface area contributed by atoms with Crippen molar-refractivity contribution in [1.82, 2.24) is 9.62 Å². The van der Waals surface area contributed by atoms with Gasteiger partial charge in [-0.2, -0.15) is 4.31 Å². The van der Waals surface area contributed by atoms with Crippen LogP contribution in [-0.4, -0.2) is 51.0 Å². The van der Waals surface area contributed by atoms with Gasteiger partial charge in [0.15, 0.2) is 0 Å². The van der Waals surface area contributed by atoms with Crippen LogP contribution < -0.4 is 5.32 Å². The number of hydrogen-bond donors (Lipinski definition) is 1. The largest absolute Gasteiger partial charge is 0.376 e. The Morgan fingerprint density at radius 1 is 1.14 bits per heavy atom. The van der Waals surface area contributed by atoms with Crippen molar-refractivity contribution in [3.63, 3.8) is 0 Å². The molecular formula is C22H28N2O4S. The van der Waals surface area contributed by atoms with Gasteiger partial charge in [0.1, 0.15) is 0 Å². The summed E-state index contributed by atoms with van der Waals surface area (Å²) in [6.07, 6.45) is 2.46. The molecule has 1 atom stereocenters. The van der Waals surface area contributed by atoms with Crippen molar-refractivity contribution in [1.29, 1.82) is 0 Å². The standard InChI is InChI=1S/C22H28N2O4S/c1-18-9-11-21(12-10-18)29(26,27)24(14-13-19-6-3-2-4-7-19)17-22(25)23-16-20-8-5-15-28-20/h2-4,6-7,9-12,20H,5,8,13-17H2,1H3,(H,23,25). The molecule has 3 rings (SSSR count). The maximum absolute atomic E-state index is 13.2. The summed E-state index contributed by atoms with van der Waals surface area (Å²) in [6, 6.07) is 16.4. The van der Waals surface area contributed by atoms with E-state index in [1.807, 2.05) is 37.3 Å². The molecule has 1 fully saturated rings. The zero-order chi connectivity index (χ0) is 20.7. The van der Waals surface area contributed by atoms with Crippen LogP contribution in [0.25, 0.3) is 0 Å². The van der Waals surface area contributed by atoms with Crippen LogP contribution in [0, 0.1) is 6.92 Å². The minimum Gasteiger partial charge on any atom is -0.376 e. The van der Waals surface area contributed by atoms with Gasteiger partial charge in [-0.3, -0.25) is 4.79 Å². The molecule has 2 aromatic carbocycles. The Morgan fingerprint density at radius 2 is 1.86 bits per heavy atom. The molecule has 156 valence electrons. The zero-order valence-corrected chi connectivity index (χ0v) is 17.5. The summed E-state index contributed by atoms with van der Waals surface area (Å²) in [4.78, 5) is 12.7. The molecule has 0 radical (unpaired) electrons. The highest BCUT2D eigenvalue weighted by molar-refractivity contribution is 7.89. The number of ether oxygens (including phenoxy) is 1. The highest BCUT2D eigenvalue weighted by atomic mass is 32.2. The molecule has 2 aromatic rings. The number of benzene rings is 2. The van der Waals surface area contributed by atoms with Crippen molar-refractivity contribution >= 4 is 15.9 Å². The van der Waals surface area contributed by atoms with E-state index >= 15 is 0 Å². The van der Waals surface area contributed by atoms with Crippen molar-refractivity contribution in [2.24, 2.45) is 0 Å². The van der Waals surface area contributed by atoms with Crippen molar-refractivity contribution in [2.75, 3.05) is 26.2 Å². The number of nitrogens with one attached hydrogen (secondary N) is 1. The van der Waals surface area contributed by atoms with Crippen LogP contribution in [0.4, 0.5) is 0 Å². The lowest BCUT2D eigenvalue weighted by Crippen LogP contribution is -2.43. The molecule has 1 heterocycles. The molecule has 0 saturated carbocycles. The predicted octanol–water partition coefficient (Wildman–Crippen LogP) is 2.52. The quantitative estimate of drug-likeness (QED) is 0.682. The fraction of sp³-hybridized carbons (Fsp3) is 0.409. The molecule has 1 unspecified atom stereocenters. The maximum Gasteiger partial charge on any atom is 0.243 e. The van der Waals surface area contributed by atoms with E-state index in [0.717, 1.165) is 24.0 Å². The van der Waals surface area contributed by atoms with Gasteiger partial charge in [-0.05, 0) is 43.9 Å². The van der Waals surface area contributed by atoms with Gasteiger partial charge in [0.05, 0.1) is 17.5 Å². The number of aryl methyl sites for hydroxylation is 1. The first kappa shape index (κ1) is 21.5. The van der Waals surface area contributed by atoms with E-state index in [4.69, 9.17) is 4.74 Å². The van der Waals surface area contributed by atoms with Gasteiger partial charge >= 0.3 is 0 Å². The third-order valence-electron chi connectivity index (χ3n) is 5.02. The number of sulfonamides is 1. The molecule has 7 heteroatoms. The smallest absolute Gasteiger partial charge is 0.243 e.